The quantitative estimate of drug-likeness (QED) is 0.111. The molecule has 0 aliphatic heterocycles. The first kappa shape index (κ1) is 35.6. The number of rotatable bonds is 13. The summed E-state index contributed by atoms with van der Waals surface area (Å²) < 4.78 is 31.7. The van der Waals surface area contributed by atoms with Crippen LogP contribution in [0.3, 0.4) is 0 Å². The molecule has 1 unspecified atom stereocenters. The van der Waals surface area contributed by atoms with Gasteiger partial charge in [0.15, 0.2) is 5.58 Å². The van der Waals surface area contributed by atoms with E-state index >= 15 is 0 Å². The third-order valence-electron chi connectivity index (χ3n) is 9.39. The van der Waals surface area contributed by atoms with Crippen molar-refractivity contribution in [1.29, 1.82) is 0 Å². The molecule has 6 aromatic rings. The molecular formula is C41H35ClFN3O7. The van der Waals surface area contributed by atoms with Gasteiger partial charge in [-0.1, -0.05) is 41.9 Å². The summed E-state index contributed by atoms with van der Waals surface area (Å²) >= 11 is 6.10. The lowest BCUT2D eigenvalue weighted by Gasteiger charge is -2.36. The highest BCUT2D eigenvalue weighted by Gasteiger charge is 2.28. The summed E-state index contributed by atoms with van der Waals surface area (Å²) in [4.78, 5) is 33.9. The minimum absolute atomic E-state index is 0.0295. The van der Waals surface area contributed by atoms with E-state index in [2.05, 4.69) is 14.9 Å². The average Bonchev–Trinajstić information content (AvgIpc) is 3.58. The Morgan fingerprint density at radius 3 is 2.43 bits per heavy atom. The number of hydrogen-bond donors (Lipinski definition) is 2. The number of pyridine rings is 1. The summed E-state index contributed by atoms with van der Waals surface area (Å²) in [6, 6.07) is 27.8. The molecule has 4 aromatic carbocycles. The van der Waals surface area contributed by atoms with E-state index in [4.69, 9.17) is 30.6 Å². The molecule has 53 heavy (non-hydrogen) atoms. The molecule has 12 heteroatoms. The van der Waals surface area contributed by atoms with Crippen molar-refractivity contribution in [2.45, 2.75) is 44.8 Å². The van der Waals surface area contributed by atoms with Gasteiger partial charge in [0.25, 0.3) is 0 Å². The molecule has 0 radical (unpaired) electrons. The number of aryl methyl sites for hydroxylation is 1. The third kappa shape index (κ3) is 8.65. The molecule has 0 amide bonds. The molecular weight excluding hydrogens is 701 g/mol. The predicted octanol–water partition coefficient (Wildman–Crippen LogP) is 9.18. The Kier molecular flexibility index (Phi) is 10.7. The van der Waals surface area contributed by atoms with E-state index < -0.39 is 12.1 Å². The maximum absolute atomic E-state index is 14.7. The fourth-order valence-corrected chi connectivity index (χ4v) is 6.89. The van der Waals surface area contributed by atoms with Gasteiger partial charge in [-0.3, -0.25) is 4.90 Å². The lowest BCUT2D eigenvalue weighted by molar-refractivity contribution is 0.0696. The number of carbonyl (C=O) groups is 2. The summed E-state index contributed by atoms with van der Waals surface area (Å²) in [7, 11) is 0. The molecule has 0 bridgehead atoms. The summed E-state index contributed by atoms with van der Waals surface area (Å²) in [5.74, 6) is -0.235. The van der Waals surface area contributed by atoms with Crippen LogP contribution in [0.2, 0.25) is 5.02 Å². The average molecular weight is 736 g/mol. The van der Waals surface area contributed by atoms with Gasteiger partial charge in [-0.05, 0) is 115 Å². The van der Waals surface area contributed by atoms with E-state index in [1.54, 1.807) is 42.5 Å². The van der Waals surface area contributed by atoms with Crippen LogP contribution in [0, 0.1) is 5.82 Å². The molecule has 270 valence electrons. The topological polar surface area (TPSA) is 135 Å². The first-order valence-corrected chi connectivity index (χ1v) is 17.6. The van der Waals surface area contributed by atoms with Crippen LogP contribution < -0.4 is 9.47 Å². The number of ether oxygens (including phenoxy) is 2. The molecule has 0 spiro atoms. The number of nitrogens with zero attached hydrogens (tertiary/aromatic N) is 3. The summed E-state index contributed by atoms with van der Waals surface area (Å²) in [5, 5.41) is 19.0. The Bertz CT molecular complexity index is 2260. The highest BCUT2D eigenvalue weighted by Crippen LogP contribution is 2.36. The minimum Gasteiger partial charge on any atom is -0.489 e. The monoisotopic (exact) mass is 735 g/mol. The van der Waals surface area contributed by atoms with Gasteiger partial charge in [-0.25, -0.2) is 23.9 Å². The lowest BCUT2D eigenvalue weighted by atomic mass is 9.89. The van der Waals surface area contributed by atoms with Crippen LogP contribution in [0.1, 0.15) is 57.2 Å². The van der Waals surface area contributed by atoms with Crippen molar-refractivity contribution in [3.8, 4) is 23.1 Å². The summed E-state index contributed by atoms with van der Waals surface area (Å²) in [6.45, 7) is 1.46. The van der Waals surface area contributed by atoms with Crippen molar-refractivity contribution in [2.75, 3.05) is 13.1 Å². The zero-order chi connectivity index (χ0) is 36.9. The Morgan fingerprint density at radius 2 is 1.66 bits per heavy atom. The molecule has 0 saturated carbocycles. The van der Waals surface area contributed by atoms with E-state index in [0.717, 1.165) is 46.4 Å². The number of aromatic nitrogens is 2. The number of halogens is 2. The van der Waals surface area contributed by atoms with Crippen molar-refractivity contribution in [3.63, 3.8) is 0 Å². The van der Waals surface area contributed by atoms with Crippen molar-refractivity contribution in [1.82, 2.24) is 14.9 Å². The van der Waals surface area contributed by atoms with Gasteiger partial charge in [0, 0.05) is 41.5 Å². The largest absolute Gasteiger partial charge is 0.512 e. The molecule has 1 aliphatic carbocycles. The molecule has 2 N–H and O–H groups in total. The van der Waals surface area contributed by atoms with E-state index in [1.807, 2.05) is 42.5 Å². The molecule has 0 fully saturated rings. The van der Waals surface area contributed by atoms with Crippen molar-refractivity contribution in [2.24, 2.45) is 0 Å². The van der Waals surface area contributed by atoms with Gasteiger partial charge in [-0.15, -0.1) is 0 Å². The van der Waals surface area contributed by atoms with Gasteiger partial charge >= 0.3 is 12.1 Å². The van der Waals surface area contributed by atoms with Gasteiger partial charge in [0.05, 0.1) is 5.56 Å². The zero-order valence-electron chi connectivity index (χ0n) is 28.5. The summed E-state index contributed by atoms with van der Waals surface area (Å²) in [5.41, 5.74) is 6.78. The van der Waals surface area contributed by atoms with Gasteiger partial charge < -0.3 is 24.1 Å². The number of fused-ring (bicyclic) bond motifs is 2. The van der Waals surface area contributed by atoms with E-state index in [9.17, 15) is 19.1 Å². The predicted molar refractivity (Wildman–Crippen MR) is 196 cm³/mol. The first-order chi connectivity index (χ1) is 25.7. The maximum Gasteiger partial charge on any atom is 0.512 e. The van der Waals surface area contributed by atoms with Crippen molar-refractivity contribution >= 4 is 34.8 Å². The molecule has 10 nitrogen and oxygen atoms in total. The molecule has 1 atom stereocenters. The molecule has 1 aliphatic rings. The molecule has 2 heterocycles. The van der Waals surface area contributed by atoms with Crippen LogP contribution in [0.4, 0.5) is 9.18 Å². The fraction of sp³-hybridized carbons (Fsp3) is 0.220. The number of carboxylic acids is 1. The number of hydrogen-bond acceptors (Lipinski definition) is 8. The Labute approximate surface area is 309 Å². The lowest BCUT2D eigenvalue weighted by Crippen LogP contribution is -2.35. The Balaban J connectivity index is 1.07. The number of benzene rings is 4. The van der Waals surface area contributed by atoms with Crippen LogP contribution in [0.5, 0.6) is 11.6 Å². The van der Waals surface area contributed by atoms with Crippen LogP contribution in [0.25, 0.3) is 22.6 Å². The van der Waals surface area contributed by atoms with Crippen LogP contribution >= 0.6 is 11.6 Å². The minimum atomic E-state index is -1.42. The van der Waals surface area contributed by atoms with E-state index in [0.29, 0.717) is 60.1 Å². The first-order valence-electron chi connectivity index (χ1n) is 17.2. The maximum atomic E-state index is 14.7. The van der Waals surface area contributed by atoms with E-state index in [1.165, 1.54) is 12.1 Å². The Morgan fingerprint density at radius 1 is 0.887 bits per heavy atom. The molecule has 2 aromatic heterocycles. The molecule has 0 saturated heterocycles. The second-order valence-electron chi connectivity index (χ2n) is 12.9. The Hall–Kier alpha value is -5.78. The van der Waals surface area contributed by atoms with E-state index in [-0.39, 0.29) is 29.9 Å². The molecule has 7 rings (SSSR count). The summed E-state index contributed by atoms with van der Waals surface area (Å²) in [6.07, 6.45) is 2.12. The normalized spacial score (nSPS) is 13.9. The second-order valence-corrected chi connectivity index (χ2v) is 13.3. The fourth-order valence-electron chi connectivity index (χ4n) is 6.73. The number of oxazole rings is 1. The highest BCUT2D eigenvalue weighted by molar-refractivity contribution is 6.31. The van der Waals surface area contributed by atoms with Crippen molar-refractivity contribution in [3.05, 3.63) is 141 Å². The van der Waals surface area contributed by atoms with Crippen LogP contribution in [-0.2, 0) is 25.9 Å². The standard InChI is InChI=1S/C41H35ClFN3O7/c42-30-12-15-37-34(23-30)45-39(52-37)27-8-6-26(7-9-27)24-51-36-16-13-31(43)22-29(36)19-21-46(20-18-25-4-10-28(11-5-25)40(47)48)35-3-1-2-33-32(35)14-17-38(44-33)53-41(49)50/h4-17,22-23,35H,1-3,18-21,24H2,(H,47,48)(H,49,50). The number of aromatic carboxylic acids is 1. The van der Waals surface area contributed by atoms with Crippen LogP contribution in [0.15, 0.2) is 101 Å². The van der Waals surface area contributed by atoms with Gasteiger partial charge in [0.2, 0.25) is 11.8 Å². The van der Waals surface area contributed by atoms with Gasteiger partial charge in [-0.2, -0.15) is 0 Å². The smallest absolute Gasteiger partial charge is 0.489 e. The SMILES string of the molecule is O=C(O)Oc1ccc2c(n1)CCCC2N(CCc1ccc(C(=O)O)cc1)CCc1cc(F)ccc1OCc1ccc(-c2nc3cc(Cl)ccc3o2)cc1. The van der Waals surface area contributed by atoms with Crippen molar-refractivity contribution < 1.29 is 38.1 Å². The third-order valence-corrected chi connectivity index (χ3v) is 9.63. The van der Waals surface area contributed by atoms with Gasteiger partial charge in [0.1, 0.15) is 23.7 Å². The second kappa shape index (κ2) is 15.9. The zero-order valence-corrected chi connectivity index (χ0v) is 29.3. The number of carboxylic acid groups (broad SMARTS) is 2. The highest BCUT2D eigenvalue weighted by atomic mass is 35.5. The van der Waals surface area contributed by atoms with Crippen LogP contribution in [-0.4, -0.2) is 50.3 Å².